The SMILES string of the molecule is c1cncc(-c2ccc3[nH]nc(-c4nc5c(N6CCCCC6)cccc5[nH]4)c3n2)c1. The van der Waals surface area contributed by atoms with Crippen molar-refractivity contribution < 1.29 is 0 Å². The fraction of sp³-hybridized carbons (Fsp3) is 0.217. The Hall–Kier alpha value is -3.74. The van der Waals surface area contributed by atoms with Crippen LogP contribution in [0.4, 0.5) is 5.69 Å². The summed E-state index contributed by atoms with van der Waals surface area (Å²) in [6.45, 7) is 2.17. The molecule has 0 radical (unpaired) electrons. The van der Waals surface area contributed by atoms with E-state index in [1.807, 2.05) is 30.5 Å². The fourth-order valence-electron chi connectivity index (χ4n) is 4.26. The number of imidazole rings is 1. The summed E-state index contributed by atoms with van der Waals surface area (Å²) in [5.74, 6) is 0.733. The minimum atomic E-state index is 0.733. The first-order valence-electron chi connectivity index (χ1n) is 10.4. The van der Waals surface area contributed by atoms with E-state index in [-0.39, 0.29) is 0 Å². The first-order chi connectivity index (χ1) is 14.9. The van der Waals surface area contributed by atoms with E-state index >= 15 is 0 Å². The average Bonchev–Trinajstić information content (AvgIpc) is 3.43. The molecule has 1 aliphatic heterocycles. The Morgan fingerprint density at radius 3 is 2.63 bits per heavy atom. The van der Waals surface area contributed by atoms with Crippen LogP contribution in [-0.4, -0.2) is 43.2 Å². The lowest BCUT2D eigenvalue weighted by molar-refractivity contribution is 0.579. The summed E-state index contributed by atoms with van der Waals surface area (Å²) in [4.78, 5) is 19.9. The lowest BCUT2D eigenvalue weighted by atomic mass is 10.1. The van der Waals surface area contributed by atoms with Crippen molar-refractivity contribution in [2.75, 3.05) is 18.0 Å². The van der Waals surface area contributed by atoms with Gasteiger partial charge in [-0.25, -0.2) is 9.97 Å². The number of nitrogens with one attached hydrogen (secondary N) is 2. The molecule has 0 unspecified atom stereocenters. The molecule has 1 fully saturated rings. The third-order valence-corrected chi connectivity index (χ3v) is 5.78. The van der Waals surface area contributed by atoms with Gasteiger partial charge in [-0.15, -0.1) is 0 Å². The van der Waals surface area contributed by atoms with Crippen molar-refractivity contribution in [2.45, 2.75) is 19.3 Å². The molecule has 148 valence electrons. The lowest BCUT2D eigenvalue weighted by Gasteiger charge is -2.28. The molecule has 0 aliphatic carbocycles. The van der Waals surface area contributed by atoms with Crippen LogP contribution in [0.15, 0.2) is 54.9 Å². The summed E-state index contributed by atoms with van der Waals surface area (Å²) in [6.07, 6.45) is 7.36. The molecular weight excluding hydrogens is 374 g/mol. The molecule has 1 aromatic carbocycles. The zero-order valence-corrected chi connectivity index (χ0v) is 16.5. The number of pyridine rings is 2. The number of aromatic nitrogens is 6. The highest BCUT2D eigenvalue weighted by molar-refractivity contribution is 5.95. The van der Waals surface area contributed by atoms with Crippen LogP contribution >= 0.6 is 0 Å². The molecule has 2 N–H and O–H groups in total. The van der Waals surface area contributed by atoms with Crippen molar-refractivity contribution in [1.82, 2.24) is 30.1 Å². The minimum absolute atomic E-state index is 0.733. The summed E-state index contributed by atoms with van der Waals surface area (Å²) in [7, 11) is 0. The van der Waals surface area contributed by atoms with Gasteiger partial charge in [0.2, 0.25) is 0 Å². The van der Waals surface area contributed by atoms with Crippen LogP contribution < -0.4 is 4.90 Å². The van der Waals surface area contributed by atoms with E-state index in [9.17, 15) is 0 Å². The van der Waals surface area contributed by atoms with Gasteiger partial charge in [0, 0.05) is 31.0 Å². The highest BCUT2D eigenvalue weighted by Gasteiger charge is 2.19. The van der Waals surface area contributed by atoms with Crippen molar-refractivity contribution in [2.24, 2.45) is 0 Å². The molecule has 7 heteroatoms. The van der Waals surface area contributed by atoms with Crippen molar-refractivity contribution >= 4 is 27.8 Å². The molecule has 7 nitrogen and oxygen atoms in total. The topological polar surface area (TPSA) is 86.4 Å². The highest BCUT2D eigenvalue weighted by Crippen LogP contribution is 2.32. The Bertz CT molecular complexity index is 1330. The van der Waals surface area contributed by atoms with Crippen LogP contribution in [0, 0.1) is 0 Å². The van der Waals surface area contributed by atoms with E-state index in [4.69, 9.17) is 9.97 Å². The van der Waals surface area contributed by atoms with Gasteiger partial charge in [-0.2, -0.15) is 5.10 Å². The predicted molar refractivity (Wildman–Crippen MR) is 118 cm³/mol. The second kappa shape index (κ2) is 6.95. The molecule has 0 saturated carbocycles. The smallest absolute Gasteiger partial charge is 0.161 e. The predicted octanol–water partition coefficient (Wildman–Crippen LogP) is 4.55. The van der Waals surface area contributed by atoms with Gasteiger partial charge in [-0.05, 0) is 55.7 Å². The van der Waals surface area contributed by atoms with Gasteiger partial charge >= 0.3 is 0 Å². The molecule has 1 saturated heterocycles. The first-order valence-corrected chi connectivity index (χ1v) is 10.4. The normalized spacial score (nSPS) is 14.6. The third-order valence-electron chi connectivity index (χ3n) is 5.78. The van der Waals surface area contributed by atoms with Gasteiger partial charge in [-0.3, -0.25) is 10.1 Å². The maximum atomic E-state index is 4.95. The van der Waals surface area contributed by atoms with Gasteiger partial charge in [0.1, 0.15) is 11.0 Å². The number of benzene rings is 1. The van der Waals surface area contributed by atoms with Crippen LogP contribution in [0.2, 0.25) is 0 Å². The number of anilines is 1. The van der Waals surface area contributed by atoms with Crippen LogP contribution in [0.3, 0.4) is 0 Å². The lowest BCUT2D eigenvalue weighted by Crippen LogP contribution is -2.29. The average molecular weight is 395 g/mol. The van der Waals surface area contributed by atoms with E-state index in [1.54, 1.807) is 6.20 Å². The van der Waals surface area contributed by atoms with Crippen molar-refractivity contribution in [3.8, 4) is 22.8 Å². The van der Waals surface area contributed by atoms with Gasteiger partial charge < -0.3 is 9.88 Å². The monoisotopic (exact) mass is 395 g/mol. The summed E-state index contributed by atoms with van der Waals surface area (Å²) >= 11 is 0. The van der Waals surface area contributed by atoms with E-state index in [1.165, 1.54) is 24.9 Å². The summed E-state index contributed by atoms with van der Waals surface area (Å²) in [6, 6.07) is 14.2. The van der Waals surface area contributed by atoms with Gasteiger partial charge in [0.25, 0.3) is 0 Å². The quantitative estimate of drug-likeness (QED) is 0.468. The van der Waals surface area contributed by atoms with Crippen molar-refractivity contribution in [3.05, 3.63) is 54.9 Å². The maximum Gasteiger partial charge on any atom is 0.161 e. The number of hydrogen-bond donors (Lipinski definition) is 2. The second-order valence-electron chi connectivity index (χ2n) is 7.71. The molecule has 4 aromatic heterocycles. The zero-order chi connectivity index (χ0) is 19.9. The number of para-hydroxylation sites is 1. The first kappa shape index (κ1) is 17.1. The summed E-state index contributed by atoms with van der Waals surface area (Å²) in [5, 5.41) is 7.62. The Morgan fingerprint density at radius 1 is 0.833 bits per heavy atom. The van der Waals surface area contributed by atoms with E-state index in [0.29, 0.717) is 0 Å². The second-order valence-corrected chi connectivity index (χ2v) is 7.71. The van der Waals surface area contributed by atoms with Gasteiger partial charge in [0.05, 0.1) is 22.4 Å². The molecule has 6 rings (SSSR count). The molecular formula is C23H21N7. The molecule has 0 atom stereocenters. The molecule has 0 bridgehead atoms. The molecule has 0 amide bonds. The Balaban J connectivity index is 1.47. The molecule has 5 heterocycles. The summed E-state index contributed by atoms with van der Waals surface area (Å²) < 4.78 is 0. The van der Waals surface area contributed by atoms with Crippen LogP contribution in [0.25, 0.3) is 44.8 Å². The van der Waals surface area contributed by atoms with E-state index in [2.05, 4.69) is 43.3 Å². The standard InChI is InChI=1S/C23H21N7/c1-2-12-30(13-3-1)19-8-4-7-17-20(19)27-23(26-17)22-21-18(28-29-22)10-9-16(25-21)15-6-5-11-24-14-15/h4-11,14H,1-3,12-13H2,(H,26,27)(H,28,29). The third kappa shape index (κ3) is 2.82. The molecule has 0 spiro atoms. The number of hydrogen-bond acceptors (Lipinski definition) is 5. The van der Waals surface area contributed by atoms with Crippen LogP contribution in [0.5, 0.6) is 0 Å². The minimum Gasteiger partial charge on any atom is -0.370 e. The van der Waals surface area contributed by atoms with E-state index < -0.39 is 0 Å². The van der Waals surface area contributed by atoms with Crippen molar-refractivity contribution in [3.63, 3.8) is 0 Å². The Morgan fingerprint density at radius 2 is 1.77 bits per heavy atom. The number of rotatable bonds is 3. The molecule has 5 aromatic rings. The fourth-order valence-corrected chi connectivity index (χ4v) is 4.26. The number of aromatic amines is 2. The van der Waals surface area contributed by atoms with E-state index in [0.717, 1.165) is 57.9 Å². The molecule has 1 aliphatic rings. The van der Waals surface area contributed by atoms with Crippen LogP contribution in [-0.2, 0) is 0 Å². The largest absolute Gasteiger partial charge is 0.370 e. The maximum absolute atomic E-state index is 4.95. The summed E-state index contributed by atoms with van der Waals surface area (Å²) in [5.41, 5.74) is 7.47. The Kier molecular flexibility index (Phi) is 3.97. The van der Waals surface area contributed by atoms with Crippen molar-refractivity contribution in [1.29, 1.82) is 0 Å². The molecule has 30 heavy (non-hydrogen) atoms. The Labute approximate surface area is 173 Å². The number of piperidine rings is 1. The number of H-pyrrole nitrogens is 2. The number of nitrogens with zero attached hydrogens (tertiary/aromatic N) is 5. The van der Waals surface area contributed by atoms with Gasteiger partial charge in [0.15, 0.2) is 11.5 Å². The van der Waals surface area contributed by atoms with Gasteiger partial charge in [-0.1, -0.05) is 6.07 Å². The zero-order valence-electron chi connectivity index (χ0n) is 16.5. The number of fused-ring (bicyclic) bond motifs is 2. The van der Waals surface area contributed by atoms with Crippen LogP contribution in [0.1, 0.15) is 19.3 Å². The highest BCUT2D eigenvalue weighted by atomic mass is 15.2.